The van der Waals surface area contributed by atoms with Crippen LogP contribution >= 0.6 is 15.9 Å². The fraction of sp³-hybridized carbons (Fsp3) is 0.667. The fourth-order valence-corrected chi connectivity index (χ4v) is 6.98. The van der Waals surface area contributed by atoms with Crippen molar-refractivity contribution in [2.45, 2.75) is 103 Å². The molecule has 3 N–H and O–H groups in total. The number of phenolic OH excluding ortho intramolecular Hbond substituents is 1. The molecule has 2 unspecified atom stereocenters. The first-order valence-electron chi connectivity index (χ1n) is 12.5. The number of carbonyl (C=O) groups is 1. The van der Waals surface area contributed by atoms with E-state index >= 15 is 0 Å². The van der Waals surface area contributed by atoms with Crippen LogP contribution in [-0.2, 0) is 11.2 Å². The Morgan fingerprint density at radius 2 is 1.88 bits per heavy atom. The van der Waals surface area contributed by atoms with Crippen LogP contribution in [0.3, 0.4) is 0 Å². The van der Waals surface area contributed by atoms with Gasteiger partial charge in [-0.25, -0.2) is 0 Å². The van der Waals surface area contributed by atoms with Crippen LogP contribution in [0.1, 0.15) is 89.4 Å². The molecule has 33 heavy (non-hydrogen) atoms. The molecule has 0 aromatic heterocycles. The van der Waals surface area contributed by atoms with Crippen LogP contribution in [0.2, 0.25) is 18.1 Å². The van der Waals surface area contributed by atoms with Crippen LogP contribution in [0.25, 0.3) is 0 Å². The van der Waals surface area contributed by atoms with E-state index in [4.69, 9.17) is 0 Å². The van der Waals surface area contributed by atoms with Gasteiger partial charge in [-0.1, -0.05) is 62.4 Å². The van der Waals surface area contributed by atoms with Crippen molar-refractivity contribution in [1.29, 1.82) is 0 Å². The predicted octanol–water partition coefficient (Wildman–Crippen LogP) is 6.97. The van der Waals surface area contributed by atoms with Crippen LogP contribution in [0, 0.1) is 11.8 Å². The molecule has 4 nitrogen and oxygen atoms in total. The molecule has 1 aromatic rings. The number of benzene rings is 1. The third kappa shape index (κ3) is 5.66. The van der Waals surface area contributed by atoms with Crippen LogP contribution in [0.15, 0.2) is 27.8 Å². The summed E-state index contributed by atoms with van der Waals surface area (Å²) in [6.07, 6.45) is 7.43. The molecule has 0 spiro atoms. The van der Waals surface area contributed by atoms with Gasteiger partial charge in [0.15, 0.2) is 14.1 Å². The smallest absolute Gasteiger partial charge is 0.188 e. The van der Waals surface area contributed by atoms with Gasteiger partial charge in [0.25, 0.3) is 0 Å². The highest BCUT2D eigenvalue weighted by atomic mass is 79.9. The highest BCUT2D eigenvalue weighted by Gasteiger charge is 2.43. The first kappa shape index (κ1) is 26.6. The van der Waals surface area contributed by atoms with Gasteiger partial charge in [0.2, 0.25) is 0 Å². The van der Waals surface area contributed by atoms with Crippen molar-refractivity contribution >= 4 is 30.0 Å². The van der Waals surface area contributed by atoms with E-state index < -0.39 is 14.4 Å². The number of hydrogen-bond acceptors (Lipinski definition) is 4. The van der Waals surface area contributed by atoms with E-state index in [9.17, 15) is 19.8 Å². The summed E-state index contributed by atoms with van der Waals surface area (Å²) in [5.41, 5.74) is 3.16. The summed E-state index contributed by atoms with van der Waals surface area (Å²) in [6, 6.07) is 3.41. The third-order valence-corrected chi connectivity index (χ3v) is 12.5. The third-order valence-electron chi connectivity index (χ3n) is 8.33. The summed E-state index contributed by atoms with van der Waals surface area (Å²) in [6.45, 7) is 10.6. The van der Waals surface area contributed by atoms with Crippen molar-refractivity contribution in [3.8, 4) is 5.75 Å². The molecule has 0 amide bonds. The van der Waals surface area contributed by atoms with Gasteiger partial charge in [-0.05, 0) is 78.9 Å². The van der Waals surface area contributed by atoms with Crippen molar-refractivity contribution in [3.05, 3.63) is 38.9 Å². The SMILES string of the molecule is CCCCC[C@@H](CCC1=C2C(CC1=O)Cc1c(O)ccc(Br)c1C2O)CC(C)(C)[Si](C)(C)O. The standard InChI is InChI=1S/C27H41BrO4Si/c1-6-7-8-9-17(16-27(2,3)33(4,5)32)10-11-19-23(30)15-18-14-20-22(29)13-12-21(28)25(20)26(31)24(18)19/h12-13,17-18,26,29,31-32H,6-11,14-16H2,1-5H3/t17-,18?,26?/m0/s1. The van der Waals surface area contributed by atoms with E-state index in [0.29, 0.717) is 30.7 Å². The number of ketones is 1. The number of halogens is 1. The van der Waals surface area contributed by atoms with E-state index in [0.717, 1.165) is 40.4 Å². The number of rotatable bonds is 10. The molecule has 3 rings (SSSR count). The lowest BCUT2D eigenvalue weighted by Crippen LogP contribution is -2.40. The molecule has 0 radical (unpaired) electrons. The summed E-state index contributed by atoms with van der Waals surface area (Å²) < 4.78 is 0.779. The van der Waals surface area contributed by atoms with E-state index in [1.54, 1.807) is 12.1 Å². The van der Waals surface area contributed by atoms with Crippen molar-refractivity contribution < 1.29 is 19.8 Å². The minimum absolute atomic E-state index is 0.0195. The molecule has 3 atom stereocenters. The topological polar surface area (TPSA) is 77.8 Å². The summed E-state index contributed by atoms with van der Waals surface area (Å²) >= 11 is 3.54. The van der Waals surface area contributed by atoms with Gasteiger partial charge in [-0.2, -0.15) is 0 Å². The molecule has 0 heterocycles. The van der Waals surface area contributed by atoms with Gasteiger partial charge < -0.3 is 15.0 Å². The normalized spacial score (nSPS) is 21.9. The molecule has 0 saturated carbocycles. The number of hydrogen-bond donors (Lipinski definition) is 3. The zero-order chi connectivity index (χ0) is 24.6. The first-order valence-corrected chi connectivity index (χ1v) is 16.3. The molecule has 0 fully saturated rings. The number of allylic oxidation sites excluding steroid dienone is 1. The van der Waals surface area contributed by atoms with E-state index in [1.807, 2.05) is 13.1 Å². The summed E-state index contributed by atoms with van der Waals surface area (Å²) in [4.78, 5) is 23.9. The Morgan fingerprint density at radius 3 is 2.52 bits per heavy atom. The lowest BCUT2D eigenvalue weighted by molar-refractivity contribution is -0.115. The van der Waals surface area contributed by atoms with Crippen LogP contribution in [0.4, 0.5) is 0 Å². The molecule has 0 aliphatic heterocycles. The lowest BCUT2D eigenvalue weighted by Gasteiger charge is -2.38. The highest BCUT2D eigenvalue weighted by molar-refractivity contribution is 9.10. The van der Waals surface area contributed by atoms with Gasteiger partial charge >= 0.3 is 0 Å². The Hall–Kier alpha value is -0.953. The maximum absolute atomic E-state index is 13.0. The minimum Gasteiger partial charge on any atom is -0.508 e. The first-order chi connectivity index (χ1) is 15.4. The molecule has 184 valence electrons. The number of phenols is 1. The maximum atomic E-state index is 13.0. The van der Waals surface area contributed by atoms with Crippen LogP contribution in [0.5, 0.6) is 5.75 Å². The number of unbranched alkanes of at least 4 members (excludes halogenated alkanes) is 2. The Kier molecular flexibility index (Phi) is 8.36. The van der Waals surface area contributed by atoms with Gasteiger partial charge in [0.05, 0.1) is 0 Å². The largest absolute Gasteiger partial charge is 0.508 e. The minimum atomic E-state index is -2.31. The number of Topliss-reactive ketones (excluding diaryl/α,β-unsaturated/α-hetero) is 1. The monoisotopic (exact) mass is 536 g/mol. The Bertz CT molecular complexity index is 915. The second-order valence-electron chi connectivity index (χ2n) is 11.4. The van der Waals surface area contributed by atoms with Crippen molar-refractivity contribution in [1.82, 2.24) is 0 Å². The van der Waals surface area contributed by atoms with E-state index in [-0.39, 0.29) is 22.5 Å². The molecule has 0 saturated heterocycles. The van der Waals surface area contributed by atoms with Crippen molar-refractivity contribution in [2.75, 3.05) is 0 Å². The van der Waals surface area contributed by atoms with E-state index in [1.165, 1.54) is 19.3 Å². The Labute approximate surface area is 208 Å². The van der Waals surface area contributed by atoms with Crippen molar-refractivity contribution in [2.24, 2.45) is 11.8 Å². The lowest BCUT2D eigenvalue weighted by atomic mass is 9.77. The number of aliphatic hydroxyl groups excluding tert-OH is 1. The molecular formula is C27H41BrO4Si. The fourth-order valence-electron chi connectivity index (χ4n) is 5.61. The Morgan fingerprint density at radius 1 is 1.18 bits per heavy atom. The van der Waals surface area contributed by atoms with Crippen LogP contribution in [-0.4, -0.2) is 29.1 Å². The number of aliphatic hydroxyl groups is 1. The molecule has 0 bridgehead atoms. The van der Waals surface area contributed by atoms with Gasteiger partial charge in [-0.3, -0.25) is 4.79 Å². The summed E-state index contributed by atoms with van der Waals surface area (Å²) in [5, 5.41) is 21.5. The average Bonchev–Trinajstić information content (AvgIpc) is 3.03. The second kappa shape index (κ2) is 10.3. The van der Waals surface area contributed by atoms with Gasteiger partial charge in [-0.15, -0.1) is 0 Å². The number of aromatic hydroxyl groups is 1. The number of carbonyl (C=O) groups excluding carboxylic acids is 1. The van der Waals surface area contributed by atoms with Gasteiger partial charge in [0, 0.05) is 22.0 Å². The molecule has 6 heteroatoms. The molecule has 1 aromatic carbocycles. The van der Waals surface area contributed by atoms with E-state index in [2.05, 4.69) is 36.7 Å². The Balaban J connectivity index is 1.84. The average molecular weight is 538 g/mol. The molecular weight excluding hydrogens is 496 g/mol. The second-order valence-corrected chi connectivity index (χ2v) is 16.7. The highest BCUT2D eigenvalue weighted by Crippen LogP contribution is 2.51. The zero-order valence-electron chi connectivity index (χ0n) is 20.9. The van der Waals surface area contributed by atoms with Crippen molar-refractivity contribution in [3.63, 3.8) is 0 Å². The van der Waals surface area contributed by atoms with Gasteiger partial charge in [0.1, 0.15) is 11.9 Å². The summed E-state index contributed by atoms with van der Waals surface area (Å²) in [7, 11) is -2.31. The van der Waals surface area contributed by atoms with Crippen LogP contribution < -0.4 is 0 Å². The molecule has 2 aliphatic carbocycles. The predicted molar refractivity (Wildman–Crippen MR) is 140 cm³/mol. The zero-order valence-corrected chi connectivity index (χ0v) is 23.5. The quantitative estimate of drug-likeness (QED) is 0.222. The summed E-state index contributed by atoms with van der Waals surface area (Å²) in [5.74, 6) is 0.783. The molecule has 2 aliphatic rings. The maximum Gasteiger partial charge on any atom is 0.188 e. The number of fused-ring (bicyclic) bond motifs is 2.